The van der Waals surface area contributed by atoms with Crippen molar-refractivity contribution in [2.75, 3.05) is 31.0 Å². The van der Waals surface area contributed by atoms with Crippen molar-refractivity contribution in [1.82, 2.24) is 0 Å². The quantitative estimate of drug-likeness (QED) is 0.855. The molecule has 2 amide bonds. The SMILES string of the molecule is COc1ccc(NC(=O)CN(C(C)=O)c2ccc(Cl)cc2)c(OC)c1. The molecular weight excluding hydrogens is 344 g/mol. The van der Waals surface area contributed by atoms with Crippen molar-refractivity contribution in [3.8, 4) is 11.5 Å². The highest BCUT2D eigenvalue weighted by atomic mass is 35.5. The van der Waals surface area contributed by atoms with Crippen molar-refractivity contribution in [2.45, 2.75) is 6.92 Å². The Hall–Kier alpha value is -2.73. The van der Waals surface area contributed by atoms with Crippen LogP contribution in [0.3, 0.4) is 0 Å². The minimum Gasteiger partial charge on any atom is -0.497 e. The molecule has 2 rings (SSSR count). The molecule has 0 fully saturated rings. The third kappa shape index (κ3) is 4.87. The molecule has 0 spiro atoms. The number of amides is 2. The van der Waals surface area contributed by atoms with E-state index in [-0.39, 0.29) is 18.4 Å². The van der Waals surface area contributed by atoms with Crippen molar-refractivity contribution < 1.29 is 19.1 Å². The van der Waals surface area contributed by atoms with Gasteiger partial charge in [0.05, 0.1) is 19.9 Å². The fraction of sp³-hybridized carbons (Fsp3) is 0.222. The van der Waals surface area contributed by atoms with Gasteiger partial charge in [0.1, 0.15) is 18.0 Å². The lowest BCUT2D eigenvalue weighted by Gasteiger charge is -2.21. The molecule has 0 bridgehead atoms. The van der Waals surface area contributed by atoms with Gasteiger partial charge in [0.15, 0.2) is 0 Å². The maximum Gasteiger partial charge on any atom is 0.244 e. The molecule has 0 aromatic heterocycles. The maximum atomic E-state index is 12.4. The maximum absolute atomic E-state index is 12.4. The average molecular weight is 363 g/mol. The van der Waals surface area contributed by atoms with Crippen molar-refractivity contribution in [2.24, 2.45) is 0 Å². The van der Waals surface area contributed by atoms with Gasteiger partial charge >= 0.3 is 0 Å². The van der Waals surface area contributed by atoms with Gasteiger partial charge in [-0.2, -0.15) is 0 Å². The highest BCUT2D eigenvalue weighted by Gasteiger charge is 2.17. The van der Waals surface area contributed by atoms with Crippen LogP contribution in [0, 0.1) is 0 Å². The molecule has 0 saturated carbocycles. The Balaban J connectivity index is 2.14. The molecule has 132 valence electrons. The fourth-order valence-electron chi connectivity index (χ4n) is 2.24. The highest BCUT2D eigenvalue weighted by molar-refractivity contribution is 6.30. The van der Waals surface area contributed by atoms with E-state index < -0.39 is 0 Å². The zero-order valence-corrected chi connectivity index (χ0v) is 15.0. The summed E-state index contributed by atoms with van der Waals surface area (Å²) in [5.41, 5.74) is 1.08. The molecule has 0 radical (unpaired) electrons. The Morgan fingerprint density at radius 1 is 1.08 bits per heavy atom. The minimum atomic E-state index is -0.353. The Kier molecular flexibility index (Phi) is 6.25. The van der Waals surface area contributed by atoms with Crippen LogP contribution >= 0.6 is 11.6 Å². The second-order valence-corrected chi connectivity index (χ2v) is 5.63. The monoisotopic (exact) mass is 362 g/mol. The Bertz CT molecular complexity index is 762. The summed E-state index contributed by atoms with van der Waals surface area (Å²) in [5.74, 6) is 0.475. The number of carbonyl (C=O) groups excluding carboxylic acids is 2. The molecule has 0 saturated heterocycles. The summed E-state index contributed by atoms with van der Waals surface area (Å²) >= 11 is 5.86. The van der Waals surface area contributed by atoms with Crippen LogP contribution < -0.4 is 19.7 Å². The molecule has 0 heterocycles. The minimum absolute atomic E-state index is 0.133. The number of nitrogens with one attached hydrogen (secondary N) is 1. The Morgan fingerprint density at radius 3 is 2.32 bits per heavy atom. The lowest BCUT2D eigenvalue weighted by molar-refractivity contribution is -0.120. The van der Waals surface area contributed by atoms with E-state index in [9.17, 15) is 9.59 Å². The van der Waals surface area contributed by atoms with Gasteiger partial charge in [-0.05, 0) is 36.4 Å². The number of ether oxygens (including phenoxy) is 2. The first-order valence-corrected chi connectivity index (χ1v) is 7.88. The summed E-state index contributed by atoms with van der Waals surface area (Å²) < 4.78 is 10.4. The van der Waals surface area contributed by atoms with Crippen LogP contribution in [0.15, 0.2) is 42.5 Å². The van der Waals surface area contributed by atoms with Crippen LogP contribution in [0.2, 0.25) is 5.02 Å². The lowest BCUT2D eigenvalue weighted by Crippen LogP contribution is -2.36. The number of carbonyl (C=O) groups is 2. The lowest BCUT2D eigenvalue weighted by atomic mass is 10.2. The van der Waals surface area contributed by atoms with Crippen molar-refractivity contribution in [1.29, 1.82) is 0 Å². The summed E-state index contributed by atoms with van der Waals surface area (Å²) in [7, 11) is 3.05. The molecule has 0 atom stereocenters. The molecule has 7 heteroatoms. The molecule has 25 heavy (non-hydrogen) atoms. The van der Waals surface area contributed by atoms with Gasteiger partial charge in [-0.1, -0.05) is 11.6 Å². The molecule has 2 aromatic rings. The van der Waals surface area contributed by atoms with E-state index in [0.29, 0.717) is 27.9 Å². The number of halogens is 1. The Labute approximate surface area is 151 Å². The number of benzene rings is 2. The Morgan fingerprint density at radius 2 is 1.76 bits per heavy atom. The summed E-state index contributed by atoms with van der Waals surface area (Å²) in [6.07, 6.45) is 0. The predicted molar refractivity (Wildman–Crippen MR) is 97.7 cm³/mol. The zero-order chi connectivity index (χ0) is 18.4. The standard InChI is InChI=1S/C18H19ClN2O4/c1-12(22)21(14-6-4-13(19)5-7-14)11-18(23)20-16-9-8-15(24-2)10-17(16)25-3/h4-10H,11H2,1-3H3,(H,20,23). The third-order valence-corrected chi connectivity index (χ3v) is 3.75. The molecule has 0 aliphatic heterocycles. The number of rotatable bonds is 6. The van der Waals surface area contributed by atoms with E-state index in [1.165, 1.54) is 18.9 Å². The molecular formula is C18H19ClN2O4. The van der Waals surface area contributed by atoms with Gasteiger partial charge in [-0.25, -0.2) is 0 Å². The predicted octanol–water partition coefficient (Wildman–Crippen LogP) is 3.35. The summed E-state index contributed by atoms with van der Waals surface area (Å²) in [6.45, 7) is 1.27. The zero-order valence-electron chi connectivity index (χ0n) is 14.2. The van der Waals surface area contributed by atoms with Crippen molar-refractivity contribution in [3.05, 3.63) is 47.5 Å². The van der Waals surface area contributed by atoms with Gasteiger partial charge in [0.2, 0.25) is 11.8 Å². The number of anilines is 2. The van der Waals surface area contributed by atoms with Crippen LogP contribution in [0.1, 0.15) is 6.92 Å². The van der Waals surface area contributed by atoms with Gasteiger partial charge in [0, 0.05) is 23.7 Å². The van der Waals surface area contributed by atoms with Gasteiger partial charge < -0.3 is 19.7 Å². The van der Waals surface area contributed by atoms with Crippen LogP contribution in [0.5, 0.6) is 11.5 Å². The average Bonchev–Trinajstić information content (AvgIpc) is 2.60. The van der Waals surface area contributed by atoms with Crippen LogP contribution in [-0.2, 0) is 9.59 Å². The molecule has 0 unspecified atom stereocenters. The van der Waals surface area contributed by atoms with E-state index >= 15 is 0 Å². The van der Waals surface area contributed by atoms with Crippen molar-refractivity contribution >= 4 is 34.8 Å². The summed E-state index contributed by atoms with van der Waals surface area (Å²) in [5, 5.41) is 3.30. The van der Waals surface area contributed by atoms with Crippen molar-refractivity contribution in [3.63, 3.8) is 0 Å². The van der Waals surface area contributed by atoms with Gasteiger partial charge in [-0.3, -0.25) is 9.59 Å². The van der Waals surface area contributed by atoms with Crippen LogP contribution in [0.25, 0.3) is 0 Å². The van der Waals surface area contributed by atoms with E-state index in [1.807, 2.05) is 0 Å². The van der Waals surface area contributed by atoms with Gasteiger partial charge in [-0.15, -0.1) is 0 Å². The largest absolute Gasteiger partial charge is 0.497 e. The number of methoxy groups -OCH3 is 2. The molecule has 1 N–H and O–H groups in total. The molecule has 2 aromatic carbocycles. The van der Waals surface area contributed by atoms with Gasteiger partial charge in [0.25, 0.3) is 0 Å². The first-order valence-electron chi connectivity index (χ1n) is 7.50. The molecule has 0 aliphatic rings. The number of hydrogen-bond acceptors (Lipinski definition) is 4. The van der Waals surface area contributed by atoms with Crippen LogP contribution in [0.4, 0.5) is 11.4 Å². The first kappa shape index (κ1) is 18.6. The fourth-order valence-corrected chi connectivity index (χ4v) is 2.37. The second-order valence-electron chi connectivity index (χ2n) is 5.20. The topological polar surface area (TPSA) is 67.9 Å². The summed E-state index contributed by atoms with van der Waals surface area (Å²) in [6, 6.07) is 11.7. The normalized spacial score (nSPS) is 10.1. The number of hydrogen-bond donors (Lipinski definition) is 1. The molecule has 0 aliphatic carbocycles. The molecule has 6 nitrogen and oxygen atoms in total. The summed E-state index contributed by atoms with van der Waals surface area (Å²) in [4.78, 5) is 25.6. The van der Waals surface area contributed by atoms with E-state index in [1.54, 1.807) is 49.6 Å². The van der Waals surface area contributed by atoms with E-state index in [0.717, 1.165) is 0 Å². The highest BCUT2D eigenvalue weighted by Crippen LogP contribution is 2.29. The van der Waals surface area contributed by atoms with E-state index in [4.69, 9.17) is 21.1 Å². The van der Waals surface area contributed by atoms with Crippen LogP contribution in [-0.4, -0.2) is 32.6 Å². The number of nitrogens with zero attached hydrogens (tertiary/aromatic N) is 1. The van der Waals surface area contributed by atoms with E-state index in [2.05, 4.69) is 5.32 Å². The second kappa shape index (κ2) is 8.39. The third-order valence-electron chi connectivity index (χ3n) is 3.50. The first-order chi connectivity index (χ1) is 11.9. The smallest absolute Gasteiger partial charge is 0.244 e.